The largest absolute Gasteiger partial charge is 0.443 e. The number of hydrogen-bond donors (Lipinski definition) is 1. The molecule has 27 heavy (non-hydrogen) atoms. The number of oxazole rings is 1. The highest BCUT2D eigenvalue weighted by Crippen LogP contribution is 2.25. The Hall–Kier alpha value is -2.20. The van der Waals surface area contributed by atoms with Crippen molar-refractivity contribution in [3.05, 3.63) is 58.3 Å². The molecule has 7 nitrogen and oxygen atoms in total. The number of benzene rings is 1. The average molecular weight is 426 g/mol. The minimum Gasteiger partial charge on any atom is -0.443 e. The van der Waals surface area contributed by atoms with Crippen molar-refractivity contribution in [1.82, 2.24) is 14.6 Å². The van der Waals surface area contributed by atoms with Crippen LogP contribution in [0.25, 0.3) is 10.8 Å². The number of nitrogens with one attached hydrogen (secondary N) is 1. The van der Waals surface area contributed by atoms with Crippen LogP contribution in [0, 0.1) is 0 Å². The second-order valence-electron chi connectivity index (χ2n) is 5.74. The molecule has 1 amide bonds. The van der Waals surface area contributed by atoms with E-state index in [0.717, 1.165) is 9.18 Å². The predicted octanol–water partition coefficient (Wildman–Crippen LogP) is 3.24. The van der Waals surface area contributed by atoms with Crippen LogP contribution in [0.15, 0.2) is 51.3 Å². The molecule has 3 rings (SSSR count). The maximum absolute atomic E-state index is 12.4. The molecule has 1 aromatic carbocycles. The fraction of sp³-hybridized carbons (Fsp3) is 0.176. The maximum atomic E-state index is 12.4. The third-order valence-corrected chi connectivity index (χ3v) is 6.82. The molecule has 0 bridgehead atoms. The molecule has 1 N–H and O–H groups in total. The summed E-state index contributed by atoms with van der Waals surface area (Å²) in [6.45, 7) is 0.145. The van der Waals surface area contributed by atoms with E-state index in [4.69, 9.17) is 16.0 Å². The van der Waals surface area contributed by atoms with Gasteiger partial charge in [0.15, 0.2) is 0 Å². The zero-order chi connectivity index (χ0) is 19.6. The first kappa shape index (κ1) is 19.6. The molecule has 10 heteroatoms. The fourth-order valence-electron chi connectivity index (χ4n) is 2.21. The smallest absolute Gasteiger partial charge is 0.251 e. The number of thiophene rings is 1. The highest BCUT2D eigenvalue weighted by Gasteiger charge is 2.22. The molecule has 0 aliphatic carbocycles. The van der Waals surface area contributed by atoms with Crippen molar-refractivity contribution in [3.63, 3.8) is 0 Å². The summed E-state index contributed by atoms with van der Waals surface area (Å²) in [5.41, 5.74) is 0.739. The van der Waals surface area contributed by atoms with E-state index in [1.165, 1.54) is 49.9 Å². The van der Waals surface area contributed by atoms with Gasteiger partial charge in [-0.25, -0.2) is 17.7 Å². The van der Waals surface area contributed by atoms with Crippen LogP contribution in [-0.2, 0) is 16.6 Å². The number of amides is 1. The van der Waals surface area contributed by atoms with Crippen molar-refractivity contribution < 1.29 is 17.6 Å². The van der Waals surface area contributed by atoms with Crippen LogP contribution < -0.4 is 5.32 Å². The summed E-state index contributed by atoms with van der Waals surface area (Å²) in [7, 11) is -0.963. The number of sulfonamides is 1. The van der Waals surface area contributed by atoms with Gasteiger partial charge in [-0.3, -0.25) is 4.79 Å². The van der Waals surface area contributed by atoms with E-state index in [1.807, 2.05) is 17.5 Å². The van der Waals surface area contributed by atoms with Gasteiger partial charge in [0.2, 0.25) is 15.9 Å². The Morgan fingerprint density at radius 2 is 2.11 bits per heavy atom. The van der Waals surface area contributed by atoms with Gasteiger partial charge in [0.1, 0.15) is 11.2 Å². The molecule has 0 unspecified atom stereocenters. The SMILES string of the molecule is CN(C)S(=O)(=O)c1cc(C(=O)NCc2coc(-c3cccs3)n2)ccc1Cl. The van der Waals surface area contributed by atoms with Crippen LogP contribution in [0.2, 0.25) is 5.02 Å². The molecule has 0 radical (unpaired) electrons. The summed E-state index contributed by atoms with van der Waals surface area (Å²) in [5, 5.41) is 4.66. The van der Waals surface area contributed by atoms with Gasteiger partial charge in [-0.1, -0.05) is 17.7 Å². The van der Waals surface area contributed by atoms with Gasteiger partial charge >= 0.3 is 0 Å². The Balaban J connectivity index is 1.73. The third kappa shape index (κ3) is 4.22. The lowest BCUT2D eigenvalue weighted by atomic mass is 10.2. The quantitative estimate of drug-likeness (QED) is 0.654. The normalized spacial score (nSPS) is 11.7. The Morgan fingerprint density at radius 1 is 1.33 bits per heavy atom. The minimum atomic E-state index is -3.76. The average Bonchev–Trinajstić information content (AvgIpc) is 3.31. The van der Waals surface area contributed by atoms with Crippen molar-refractivity contribution >= 4 is 38.9 Å². The highest BCUT2D eigenvalue weighted by molar-refractivity contribution is 7.89. The zero-order valence-corrected chi connectivity index (χ0v) is 16.9. The van der Waals surface area contributed by atoms with Gasteiger partial charge in [-0.15, -0.1) is 11.3 Å². The Kier molecular flexibility index (Phi) is 5.66. The first-order valence-corrected chi connectivity index (χ1v) is 10.5. The number of aromatic nitrogens is 1. The number of carbonyl (C=O) groups excluding carboxylic acids is 1. The van der Waals surface area contributed by atoms with Gasteiger partial charge in [0.25, 0.3) is 5.91 Å². The van der Waals surface area contributed by atoms with Gasteiger partial charge in [-0.05, 0) is 29.6 Å². The van der Waals surface area contributed by atoms with Gasteiger partial charge in [0.05, 0.1) is 22.1 Å². The van der Waals surface area contributed by atoms with E-state index in [1.54, 1.807) is 0 Å². The molecule has 2 aromatic heterocycles. The molecule has 0 saturated heterocycles. The fourth-order valence-corrected chi connectivity index (χ4v) is 4.26. The minimum absolute atomic E-state index is 0.0531. The van der Waals surface area contributed by atoms with Crippen molar-refractivity contribution in [2.75, 3.05) is 14.1 Å². The van der Waals surface area contributed by atoms with Crippen LogP contribution >= 0.6 is 22.9 Å². The lowest BCUT2D eigenvalue weighted by Crippen LogP contribution is -2.25. The predicted molar refractivity (Wildman–Crippen MR) is 103 cm³/mol. The molecule has 0 spiro atoms. The van der Waals surface area contributed by atoms with Gasteiger partial charge in [0, 0.05) is 19.7 Å². The van der Waals surface area contributed by atoms with Crippen LogP contribution in [0.5, 0.6) is 0 Å². The van der Waals surface area contributed by atoms with Crippen molar-refractivity contribution in [2.24, 2.45) is 0 Å². The Labute approximate surface area is 165 Å². The number of carbonyl (C=O) groups is 1. The highest BCUT2D eigenvalue weighted by atomic mass is 35.5. The summed E-state index contributed by atoms with van der Waals surface area (Å²) >= 11 is 7.50. The lowest BCUT2D eigenvalue weighted by molar-refractivity contribution is 0.0950. The number of nitrogens with zero attached hydrogens (tertiary/aromatic N) is 2. The van der Waals surface area contributed by atoms with Gasteiger partial charge in [-0.2, -0.15) is 0 Å². The molecular weight excluding hydrogens is 410 g/mol. The summed E-state index contributed by atoms with van der Waals surface area (Å²) in [6.07, 6.45) is 1.47. The number of halogens is 1. The monoisotopic (exact) mass is 425 g/mol. The zero-order valence-electron chi connectivity index (χ0n) is 14.5. The molecule has 0 aliphatic heterocycles. The molecule has 3 aromatic rings. The molecule has 0 saturated carbocycles. The Morgan fingerprint density at radius 3 is 2.78 bits per heavy atom. The molecule has 0 fully saturated rings. The maximum Gasteiger partial charge on any atom is 0.251 e. The van der Waals surface area contributed by atoms with Crippen molar-refractivity contribution in [1.29, 1.82) is 0 Å². The van der Waals surface area contributed by atoms with Crippen LogP contribution in [0.1, 0.15) is 16.1 Å². The summed E-state index contributed by atoms with van der Waals surface area (Å²) in [4.78, 5) is 17.5. The van der Waals surface area contributed by atoms with E-state index in [-0.39, 0.29) is 22.0 Å². The third-order valence-electron chi connectivity index (χ3n) is 3.67. The lowest BCUT2D eigenvalue weighted by Gasteiger charge is -2.13. The van der Waals surface area contributed by atoms with E-state index in [2.05, 4.69) is 10.3 Å². The van der Waals surface area contributed by atoms with Crippen molar-refractivity contribution in [3.8, 4) is 10.8 Å². The van der Waals surface area contributed by atoms with Crippen LogP contribution in [-0.4, -0.2) is 37.7 Å². The second-order valence-corrected chi connectivity index (χ2v) is 9.21. The summed E-state index contributed by atoms with van der Waals surface area (Å²) < 4.78 is 31.1. The molecule has 0 aliphatic rings. The summed E-state index contributed by atoms with van der Waals surface area (Å²) in [5.74, 6) is 0.0441. The first-order valence-electron chi connectivity index (χ1n) is 7.77. The van der Waals surface area contributed by atoms with E-state index in [0.29, 0.717) is 11.6 Å². The van der Waals surface area contributed by atoms with E-state index >= 15 is 0 Å². The molecule has 0 atom stereocenters. The first-order chi connectivity index (χ1) is 12.8. The topological polar surface area (TPSA) is 92.5 Å². The standard InChI is InChI=1S/C17H16ClN3O4S2/c1-21(2)27(23,24)15-8-11(5-6-13(15)18)16(22)19-9-12-10-25-17(20-12)14-4-3-7-26-14/h3-8,10H,9H2,1-2H3,(H,19,22). The Bertz CT molecular complexity index is 1060. The van der Waals surface area contributed by atoms with E-state index in [9.17, 15) is 13.2 Å². The van der Waals surface area contributed by atoms with Crippen molar-refractivity contribution in [2.45, 2.75) is 11.4 Å². The van der Waals surface area contributed by atoms with Gasteiger partial charge < -0.3 is 9.73 Å². The van der Waals surface area contributed by atoms with E-state index < -0.39 is 15.9 Å². The molecule has 142 valence electrons. The number of rotatable bonds is 6. The van der Waals surface area contributed by atoms with Crippen LogP contribution in [0.4, 0.5) is 0 Å². The van der Waals surface area contributed by atoms with Crippen LogP contribution in [0.3, 0.4) is 0 Å². The molecule has 2 heterocycles. The number of hydrogen-bond acceptors (Lipinski definition) is 6. The molecular formula is C17H16ClN3O4S2. The summed E-state index contributed by atoms with van der Waals surface area (Å²) in [6, 6.07) is 7.89. The second kappa shape index (κ2) is 7.81.